The van der Waals surface area contributed by atoms with Crippen molar-refractivity contribution >= 4 is 11.6 Å². The molecule has 25 heavy (non-hydrogen) atoms. The van der Waals surface area contributed by atoms with Crippen LogP contribution in [0.2, 0.25) is 0 Å². The summed E-state index contributed by atoms with van der Waals surface area (Å²) in [5, 5.41) is 6.11. The normalized spacial score (nSPS) is 11.7. The third-order valence-corrected chi connectivity index (χ3v) is 3.80. The third kappa shape index (κ3) is 4.49. The van der Waals surface area contributed by atoms with Crippen molar-refractivity contribution in [2.45, 2.75) is 6.04 Å². The lowest BCUT2D eigenvalue weighted by Gasteiger charge is -2.17. The Bertz CT molecular complexity index is 784. The van der Waals surface area contributed by atoms with Crippen molar-refractivity contribution in [1.82, 2.24) is 5.32 Å². The Balaban J connectivity index is 1.63. The number of methoxy groups -OCH3 is 1. The molecular formula is C20H20N2O3. The Labute approximate surface area is 146 Å². The lowest BCUT2D eigenvalue weighted by atomic mass is 10.0. The fourth-order valence-corrected chi connectivity index (χ4v) is 2.56. The second-order valence-corrected chi connectivity index (χ2v) is 5.52. The number of hydrogen-bond donors (Lipinski definition) is 2. The number of anilines is 1. The number of carbonyl (C=O) groups is 1. The summed E-state index contributed by atoms with van der Waals surface area (Å²) in [6.45, 7) is 0.159. The van der Waals surface area contributed by atoms with Gasteiger partial charge in [0.2, 0.25) is 5.91 Å². The Morgan fingerprint density at radius 3 is 2.44 bits per heavy atom. The van der Waals surface area contributed by atoms with E-state index in [2.05, 4.69) is 10.6 Å². The highest BCUT2D eigenvalue weighted by atomic mass is 16.5. The van der Waals surface area contributed by atoms with Crippen LogP contribution in [0, 0.1) is 0 Å². The summed E-state index contributed by atoms with van der Waals surface area (Å²) < 4.78 is 10.6. The molecule has 0 saturated carbocycles. The van der Waals surface area contributed by atoms with Gasteiger partial charge in [-0.2, -0.15) is 0 Å². The molecule has 5 heteroatoms. The zero-order valence-electron chi connectivity index (χ0n) is 13.9. The number of rotatable bonds is 7. The number of ether oxygens (including phenoxy) is 1. The molecule has 0 aliphatic heterocycles. The van der Waals surface area contributed by atoms with Crippen LogP contribution in [0.5, 0.6) is 5.75 Å². The van der Waals surface area contributed by atoms with E-state index in [0.717, 1.165) is 22.8 Å². The van der Waals surface area contributed by atoms with Gasteiger partial charge in [0, 0.05) is 5.69 Å². The molecular weight excluding hydrogens is 316 g/mol. The Kier molecular flexibility index (Phi) is 5.49. The Morgan fingerprint density at radius 1 is 1.04 bits per heavy atom. The maximum Gasteiger partial charge on any atom is 0.238 e. The standard InChI is InChI=1S/C20H20N2O3/c1-24-17-11-9-16(10-12-17)22-19(23)14-21-20(18-8-5-13-25-18)15-6-3-2-4-7-15/h2-13,20-21H,14H2,1H3,(H,22,23)/t20-/m0/s1. The first-order chi connectivity index (χ1) is 12.3. The first-order valence-corrected chi connectivity index (χ1v) is 8.02. The molecule has 3 aromatic rings. The van der Waals surface area contributed by atoms with E-state index >= 15 is 0 Å². The van der Waals surface area contributed by atoms with Crippen LogP contribution in [0.15, 0.2) is 77.4 Å². The van der Waals surface area contributed by atoms with Crippen LogP contribution in [0.1, 0.15) is 17.4 Å². The number of hydrogen-bond acceptors (Lipinski definition) is 4. The quantitative estimate of drug-likeness (QED) is 0.692. The number of benzene rings is 2. The molecule has 5 nitrogen and oxygen atoms in total. The summed E-state index contributed by atoms with van der Waals surface area (Å²) in [6, 6.07) is 20.7. The highest BCUT2D eigenvalue weighted by molar-refractivity contribution is 5.92. The van der Waals surface area contributed by atoms with Crippen LogP contribution in [-0.2, 0) is 4.79 Å². The lowest BCUT2D eigenvalue weighted by Crippen LogP contribution is -2.31. The molecule has 3 rings (SSSR count). The average Bonchev–Trinajstić information content (AvgIpc) is 3.18. The molecule has 2 aromatic carbocycles. The minimum Gasteiger partial charge on any atom is -0.497 e. The molecule has 2 N–H and O–H groups in total. The Morgan fingerprint density at radius 2 is 1.80 bits per heavy atom. The van der Waals surface area contributed by atoms with E-state index in [1.807, 2.05) is 42.5 Å². The largest absolute Gasteiger partial charge is 0.497 e. The SMILES string of the molecule is COc1ccc(NC(=O)CN[C@@H](c2ccccc2)c2ccco2)cc1. The highest BCUT2D eigenvalue weighted by Gasteiger charge is 2.17. The number of furan rings is 1. The molecule has 0 saturated heterocycles. The number of nitrogens with one attached hydrogen (secondary N) is 2. The van der Waals surface area contributed by atoms with Gasteiger partial charge < -0.3 is 14.5 Å². The number of amides is 1. The van der Waals surface area contributed by atoms with Crippen molar-refractivity contribution in [3.63, 3.8) is 0 Å². The summed E-state index contributed by atoms with van der Waals surface area (Å²) >= 11 is 0. The van der Waals surface area contributed by atoms with Crippen molar-refractivity contribution in [3.8, 4) is 5.75 Å². The topological polar surface area (TPSA) is 63.5 Å². The predicted octanol–water partition coefficient (Wildman–Crippen LogP) is 3.61. The van der Waals surface area contributed by atoms with Gasteiger partial charge in [0.25, 0.3) is 0 Å². The van der Waals surface area contributed by atoms with Crippen LogP contribution < -0.4 is 15.4 Å². The zero-order chi connectivity index (χ0) is 17.5. The van der Waals surface area contributed by atoms with E-state index in [-0.39, 0.29) is 18.5 Å². The molecule has 1 atom stereocenters. The average molecular weight is 336 g/mol. The Hall–Kier alpha value is -3.05. The first kappa shape index (κ1) is 16.8. The van der Waals surface area contributed by atoms with Crippen LogP contribution in [-0.4, -0.2) is 19.6 Å². The first-order valence-electron chi connectivity index (χ1n) is 8.02. The van der Waals surface area contributed by atoms with E-state index in [0.29, 0.717) is 0 Å². The molecule has 1 heterocycles. The van der Waals surface area contributed by atoms with Gasteiger partial charge in [0.05, 0.1) is 26.0 Å². The van der Waals surface area contributed by atoms with Crippen molar-refractivity contribution in [2.24, 2.45) is 0 Å². The van der Waals surface area contributed by atoms with Gasteiger partial charge in [-0.3, -0.25) is 10.1 Å². The predicted molar refractivity (Wildman–Crippen MR) is 96.6 cm³/mol. The van der Waals surface area contributed by atoms with Crippen LogP contribution in [0.25, 0.3) is 0 Å². The van der Waals surface area contributed by atoms with Gasteiger partial charge >= 0.3 is 0 Å². The molecule has 0 unspecified atom stereocenters. The van der Waals surface area contributed by atoms with Crippen molar-refractivity contribution in [2.75, 3.05) is 19.0 Å². The van der Waals surface area contributed by atoms with E-state index in [9.17, 15) is 4.79 Å². The van der Waals surface area contributed by atoms with Crippen molar-refractivity contribution < 1.29 is 13.9 Å². The van der Waals surface area contributed by atoms with Crippen LogP contribution >= 0.6 is 0 Å². The summed E-state index contributed by atoms with van der Waals surface area (Å²) in [7, 11) is 1.61. The van der Waals surface area contributed by atoms with Crippen molar-refractivity contribution in [3.05, 3.63) is 84.3 Å². The maximum atomic E-state index is 12.2. The molecule has 0 aliphatic carbocycles. The van der Waals surface area contributed by atoms with E-state index in [4.69, 9.17) is 9.15 Å². The number of carbonyl (C=O) groups excluding carboxylic acids is 1. The minimum atomic E-state index is -0.183. The van der Waals surface area contributed by atoms with Gasteiger partial charge in [-0.1, -0.05) is 30.3 Å². The van der Waals surface area contributed by atoms with Gasteiger partial charge in [-0.25, -0.2) is 0 Å². The molecule has 1 amide bonds. The monoisotopic (exact) mass is 336 g/mol. The zero-order valence-corrected chi connectivity index (χ0v) is 13.9. The van der Waals surface area contributed by atoms with E-state index in [1.54, 1.807) is 37.6 Å². The van der Waals surface area contributed by atoms with E-state index < -0.39 is 0 Å². The van der Waals surface area contributed by atoms with Gasteiger partial charge in [0.1, 0.15) is 11.5 Å². The molecule has 0 aliphatic rings. The smallest absolute Gasteiger partial charge is 0.238 e. The fourth-order valence-electron chi connectivity index (χ4n) is 2.56. The molecule has 1 aromatic heterocycles. The molecule has 0 radical (unpaired) electrons. The second kappa shape index (κ2) is 8.17. The molecule has 0 spiro atoms. The van der Waals surface area contributed by atoms with Gasteiger partial charge in [-0.05, 0) is 42.0 Å². The maximum absolute atomic E-state index is 12.2. The molecule has 128 valence electrons. The van der Waals surface area contributed by atoms with Crippen molar-refractivity contribution in [1.29, 1.82) is 0 Å². The summed E-state index contributed by atoms with van der Waals surface area (Å²) in [6.07, 6.45) is 1.63. The fraction of sp³-hybridized carbons (Fsp3) is 0.150. The summed E-state index contributed by atoms with van der Waals surface area (Å²) in [5.74, 6) is 1.39. The third-order valence-electron chi connectivity index (χ3n) is 3.80. The molecule has 0 fully saturated rings. The second-order valence-electron chi connectivity index (χ2n) is 5.52. The van der Waals surface area contributed by atoms with E-state index in [1.165, 1.54) is 0 Å². The van der Waals surface area contributed by atoms with Crippen LogP contribution in [0.4, 0.5) is 5.69 Å². The lowest BCUT2D eigenvalue weighted by molar-refractivity contribution is -0.115. The van der Waals surface area contributed by atoms with Gasteiger partial charge in [0.15, 0.2) is 0 Å². The summed E-state index contributed by atoms with van der Waals surface area (Å²) in [4.78, 5) is 12.2. The molecule has 0 bridgehead atoms. The minimum absolute atomic E-state index is 0.127. The highest BCUT2D eigenvalue weighted by Crippen LogP contribution is 2.22. The van der Waals surface area contributed by atoms with Gasteiger partial charge in [-0.15, -0.1) is 0 Å². The van der Waals surface area contributed by atoms with Crippen LogP contribution in [0.3, 0.4) is 0 Å². The summed E-state index contributed by atoms with van der Waals surface area (Å²) in [5.41, 5.74) is 1.76.